The molecule has 3 N–H and O–H groups in total. The van der Waals surface area contributed by atoms with Crippen molar-refractivity contribution in [3.8, 4) is 0 Å². The Bertz CT molecular complexity index is 295. The van der Waals surface area contributed by atoms with Crippen LogP contribution >= 0.6 is 11.6 Å². The Morgan fingerprint density at radius 2 is 1.67 bits per heavy atom. The highest BCUT2D eigenvalue weighted by molar-refractivity contribution is 6.30. The summed E-state index contributed by atoms with van der Waals surface area (Å²) >= 11 is 5.83. The van der Waals surface area contributed by atoms with Crippen LogP contribution in [-0.2, 0) is 0 Å². The second-order valence-electron chi connectivity index (χ2n) is 4.09. The van der Waals surface area contributed by atoms with Gasteiger partial charge < -0.3 is 11.1 Å². The molecule has 0 spiro atoms. The molecule has 0 aliphatic carbocycles. The predicted octanol–water partition coefficient (Wildman–Crippen LogP) is 2.73. The van der Waals surface area contributed by atoms with Crippen LogP contribution in [0.2, 0.25) is 5.02 Å². The maximum absolute atomic E-state index is 5.83. The molecule has 0 fully saturated rings. The fraction of sp³-hybridized carbons (Fsp3) is 0.500. The standard InChI is InChI=1S/C12H19ClN2/c1-8(14)9(2)15-10(3)11-4-6-12(13)7-5-11/h4-10,15H,14H2,1-3H3. The van der Waals surface area contributed by atoms with Crippen LogP contribution in [0.3, 0.4) is 0 Å². The molecule has 0 saturated heterocycles. The minimum atomic E-state index is 0.153. The summed E-state index contributed by atoms with van der Waals surface area (Å²) < 4.78 is 0. The molecule has 0 heterocycles. The average molecular weight is 227 g/mol. The average Bonchev–Trinajstić information content (AvgIpc) is 2.18. The third kappa shape index (κ3) is 3.82. The Morgan fingerprint density at radius 1 is 1.13 bits per heavy atom. The van der Waals surface area contributed by atoms with Gasteiger partial charge in [0.05, 0.1) is 0 Å². The van der Waals surface area contributed by atoms with Gasteiger partial charge in [0, 0.05) is 23.1 Å². The molecule has 3 heteroatoms. The molecule has 0 aromatic heterocycles. The molecule has 15 heavy (non-hydrogen) atoms. The molecular weight excluding hydrogens is 208 g/mol. The molecule has 0 amide bonds. The molecule has 0 aliphatic rings. The van der Waals surface area contributed by atoms with Crippen LogP contribution < -0.4 is 11.1 Å². The number of rotatable bonds is 4. The van der Waals surface area contributed by atoms with Crippen molar-refractivity contribution in [3.63, 3.8) is 0 Å². The van der Waals surface area contributed by atoms with Crippen molar-refractivity contribution < 1.29 is 0 Å². The molecule has 0 aliphatic heterocycles. The van der Waals surface area contributed by atoms with Crippen molar-refractivity contribution in [1.29, 1.82) is 0 Å². The topological polar surface area (TPSA) is 38.0 Å². The van der Waals surface area contributed by atoms with E-state index in [1.807, 2.05) is 31.2 Å². The van der Waals surface area contributed by atoms with Crippen LogP contribution in [0.1, 0.15) is 32.4 Å². The lowest BCUT2D eigenvalue weighted by atomic mass is 10.1. The van der Waals surface area contributed by atoms with E-state index in [-0.39, 0.29) is 6.04 Å². The molecule has 84 valence electrons. The van der Waals surface area contributed by atoms with E-state index in [1.54, 1.807) is 0 Å². The van der Waals surface area contributed by atoms with Crippen molar-refractivity contribution >= 4 is 11.6 Å². The highest BCUT2D eigenvalue weighted by Gasteiger charge is 2.11. The first-order valence-corrected chi connectivity index (χ1v) is 5.65. The van der Waals surface area contributed by atoms with Gasteiger partial charge in [0.2, 0.25) is 0 Å². The van der Waals surface area contributed by atoms with Crippen molar-refractivity contribution in [2.24, 2.45) is 5.73 Å². The highest BCUT2D eigenvalue weighted by atomic mass is 35.5. The first-order valence-electron chi connectivity index (χ1n) is 5.28. The molecule has 1 rings (SSSR count). The van der Waals surface area contributed by atoms with Gasteiger partial charge in [0.25, 0.3) is 0 Å². The zero-order valence-electron chi connectivity index (χ0n) is 9.50. The minimum absolute atomic E-state index is 0.153. The maximum Gasteiger partial charge on any atom is 0.0406 e. The van der Waals surface area contributed by atoms with Gasteiger partial charge in [-0.15, -0.1) is 0 Å². The molecular formula is C12H19ClN2. The Kier molecular flexibility index (Phi) is 4.58. The van der Waals surface area contributed by atoms with Gasteiger partial charge in [-0.25, -0.2) is 0 Å². The zero-order chi connectivity index (χ0) is 11.4. The fourth-order valence-electron chi connectivity index (χ4n) is 1.39. The summed E-state index contributed by atoms with van der Waals surface area (Å²) in [5.41, 5.74) is 7.03. The lowest BCUT2D eigenvalue weighted by Gasteiger charge is -2.23. The number of benzene rings is 1. The molecule has 3 atom stereocenters. The van der Waals surface area contributed by atoms with Gasteiger partial charge >= 0.3 is 0 Å². The summed E-state index contributed by atoms with van der Waals surface area (Å²) in [5.74, 6) is 0. The van der Waals surface area contributed by atoms with Crippen LogP contribution in [0.4, 0.5) is 0 Å². The Morgan fingerprint density at radius 3 is 2.13 bits per heavy atom. The van der Waals surface area contributed by atoms with Gasteiger partial charge in [0.1, 0.15) is 0 Å². The second kappa shape index (κ2) is 5.50. The van der Waals surface area contributed by atoms with Crippen molar-refractivity contribution in [3.05, 3.63) is 34.9 Å². The number of nitrogens with one attached hydrogen (secondary N) is 1. The summed E-state index contributed by atoms with van der Waals surface area (Å²) in [6.45, 7) is 6.23. The molecule has 3 unspecified atom stereocenters. The largest absolute Gasteiger partial charge is 0.327 e. The molecule has 0 saturated carbocycles. The van der Waals surface area contributed by atoms with Gasteiger partial charge in [-0.3, -0.25) is 0 Å². The van der Waals surface area contributed by atoms with Crippen molar-refractivity contribution in [2.75, 3.05) is 0 Å². The summed E-state index contributed by atoms with van der Waals surface area (Å²) in [7, 11) is 0. The van der Waals surface area contributed by atoms with E-state index in [0.717, 1.165) is 5.02 Å². The molecule has 1 aromatic rings. The van der Waals surface area contributed by atoms with Gasteiger partial charge in [-0.05, 0) is 38.5 Å². The van der Waals surface area contributed by atoms with E-state index in [1.165, 1.54) is 5.56 Å². The molecule has 1 aromatic carbocycles. The van der Waals surface area contributed by atoms with E-state index in [9.17, 15) is 0 Å². The predicted molar refractivity (Wildman–Crippen MR) is 66.1 cm³/mol. The molecule has 2 nitrogen and oxygen atoms in total. The smallest absolute Gasteiger partial charge is 0.0406 e. The minimum Gasteiger partial charge on any atom is -0.327 e. The van der Waals surface area contributed by atoms with E-state index in [2.05, 4.69) is 19.2 Å². The first kappa shape index (κ1) is 12.5. The number of halogens is 1. The maximum atomic E-state index is 5.83. The van der Waals surface area contributed by atoms with E-state index < -0.39 is 0 Å². The third-order valence-corrected chi connectivity index (χ3v) is 2.92. The van der Waals surface area contributed by atoms with Gasteiger partial charge in [-0.2, -0.15) is 0 Å². The summed E-state index contributed by atoms with van der Waals surface area (Å²) in [6.07, 6.45) is 0. The fourth-order valence-corrected chi connectivity index (χ4v) is 1.52. The van der Waals surface area contributed by atoms with Gasteiger partial charge in [0.15, 0.2) is 0 Å². The zero-order valence-corrected chi connectivity index (χ0v) is 10.3. The van der Waals surface area contributed by atoms with E-state index in [4.69, 9.17) is 17.3 Å². The Balaban J connectivity index is 2.61. The first-order chi connectivity index (χ1) is 7.00. The van der Waals surface area contributed by atoms with Crippen LogP contribution in [0.5, 0.6) is 0 Å². The van der Waals surface area contributed by atoms with Crippen LogP contribution in [-0.4, -0.2) is 12.1 Å². The molecule has 0 bridgehead atoms. The second-order valence-corrected chi connectivity index (χ2v) is 4.52. The summed E-state index contributed by atoms with van der Waals surface area (Å²) in [4.78, 5) is 0. The number of hydrogen-bond acceptors (Lipinski definition) is 2. The number of hydrogen-bond donors (Lipinski definition) is 2. The Hall–Kier alpha value is -0.570. The summed E-state index contributed by atoms with van der Waals surface area (Å²) in [6, 6.07) is 8.64. The van der Waals surface area contributed by atoms with Crippen LogP contribution in [0, 0.1) is 0 Å². The SMILES string of the molecule is CC(NC(C)C(C)N)c1ccc(Cl)cc1. The number of nitrogens with two attached hydrogens (primary N) is 1. The highest BCUT2D eigenvalue weighted by Crippen LogP contribution is 2.16. The lowest BCUT2D eigenvalue weighted by Crippen LogP contribution is -2.41. The Labute approximate surface area is 96.8 Å². The lowest BCUT2D eigenvalue weighted by molar-refractivity contribution is 0.430. The van der Waals surface area contributed by atoms with Crippen LogP contribution in [0.15, 0.2) is 24.3 Å². The third-order valence-electron chi connectivity index (χ3n) is 2.67. The molecule has 0 radical (unpaired) electrons. The normalized spacial score (nSPS) is 17.1. The van der Waals surface area contributed by atoms with Crippen molar-refractivity contribution in [2.45, 2.75) is 38.9 Å². The monoisotopic (exact) mass is 226 g/mol. The van der Waals surface area contributed by atoms with Crippen LogP contribution in [0.25, 0.3) is 0 Å². The summed E-state index contributed by atoms with van der Waals surface area (Å²) in [5, 5.41) is 4.22. The van der Waals surface area contributed by atoms with Gasteiger partial charge in [-0.1, -0.05) is 23.7 Å². The van der Waals surface area contributed by atoms with Crippen molar-refractivity contribution in [1.82, 2.24) is 5.32 Å². The van der Waals surface area contributed by atoms with E-state index >= 15 is 0 Å². The quantitative estimate of drug-likeness (QED) is 0.829. The van der Waals surface area contributed by atoms with E-state index in [0.29, 0.717) is 12.1 Å².